The molecule has 1 fully saturated rings. The Labute approximate surface area is 196 Å². The molecule has 2 amide bonds. The molecule has 2 N–H and O–H groups in total. The van der Waals surface area contributed by atoms with Gasteiger partial charge in [0.25, 0.3) is 11.8 Å². The van der Waals surface area contributed by atoms with Gasteiger partial charge in [-0.15, -0.1) is 0 Å². The first kappa shape index (κ1) is 22.4. The molecule has 168 valence electrons. The van der Waals surface area contributed by atoms with Crippen molar-refractivity contribution in [2.45, 2.75) is 0 Å². The quantitative estimate of drug-likeness (QED) is 0.561. The van der Waals surface area contributed by atoms with E-state index in [0.717, 1.165) is 0 Å². The molecule has 9 heteroatoms. The van der Waals surface area contributed by atoms with E-state index < -0.39 is 5.91 Å². The molecule has 2 heterocycles. The van der Waals surface area contributed by atoms with Crippen LogP contribution in [0, 0.1) is 0 Å². The number of hydrogen-bond acceptors (Lipinski definition) is 6. The van der Waals surface area contributed by atoms with E-state index in [2.05, 4.69) is 15.6 Å². The maximum Gasteiger partial charge on any atom is 0.273 e. The molecular weight excluding hydrogens is 440 g/mol. The predicted molar refractivity (Wildman–Crippen MR) is 128 cm³/mol. The Morgan fingerprint density at radius 2 is 1.73 bits per heavy atom. The standard InChI is InChI=1S/C24H22N4O4S/c29-22(20-10-5-11-25-21(20)23(30)28-12-14-31-15-13-28)27-24(33)26-17-6-4-9-19(16-17)32-18-7-2-1-3-8-18/h1-11,16H,12-15H2,(H2,26,27,29,33). The van der Waals surface area contributed by atoms with Gasteiger partial charge < -0.3 is 19.7 Å². The normalized spacial score (nSPS) is 13.2. The van der Waals surface area contributed by atoms with Crippen LogP contribution in [0.15, 0.2) is 72.9 Å². The van der Waals surface area contributed by atoms with E-state index in [0.29, 0.717) is 43.5 Å². The Hall–Kier alpha value is -3.82. The number of rotatable bonds is 5. The summed E-state index contributed by atoms with van der Waals surface area (Å²) >= 11 is 5.30. The number of ether oxygens (including phenoxy) is 2. The number of nitrogens with zero attached hydrogens (tertiary/aromatic N) is 2. The van der Waals surface area contributed by atoms with Crippen LogP contribution in [0.25, 0.3) is 0 Å². The van der Waals surface area contributed by atoms with Crippen LogP contribution in [0.2, 0.25) is 0 Å². The van der Waals surface area contributed by atoms with Gasteiger partial charge >= 0.3 is 0 Å². The smallest absolute Gasteiger partial charge is 0.273 e. The zero-order chi connectivity index (χ0) is 23.0. The van der Waals surface area contributed by atoms with E-state index in [1.165, 1.54) is 6.20 Å². The molecular formula is C24H22N4O4S. The zero-order valence-corrected chi connectivity index (χ0v) is 18.5. The van der Waals surface area contributed by atoms with Gasteiger partial charge in [0.1, 0.15) is 17.2 Å². The Kier molecular flexibility index (Phi) is 7.23. The molecule has 1 aliphatic rings. The van der Waals surface area contributed by atoms with E-state index >= 15 is 0 Å². The number of hydrogen-bond donors (Lipinski definition) is 2. The van der Waals surface area contributed by atoms with Gasteiger partial charge in [-0.05, 0) is 48.6 Å². The number of aromatic nitrogens is 1. The van der Waals surface area contributed by atoms with Crippen LogP contribution < -0.4 is 15.4 Å². The highest BCUT2D eigenvalue weighted by Gasteiger charge is 2.25. The highest BCUT2D eigenvalue weighted by molar-refractivity contribution is 7.80. The van der Waals surface area contributed by atoms with Gasteiger partial charge in [0.15, 0.2) is 5.11 Å². The van der Waals surface area contributed by atoms with Gasteiger partial charge in [-0.1, -0.05) is 24.3 Å². The molecule has 3 aromatic rings. The van der Waals surface area contributed by atoms with Gasteiger partial charge in [-0.3, -0.25) is 19.9 Å². The zero-order valence-electron chi connectivity index (χ0n) is 17.7. The monoisotopic (exact) mass is 462 g/mol. The molecule has 1 aliphatic heterocycles. The highest BCUT2D eigenvalue weighted by atomic mass is 32.1. The number of thiocarbonyl (C=S) groups is 1. The van der Waals surface area contributed by atoms with Crippen molar-refractivity contribution in [3.8, 4) is 11.5 Å². The van der Waals surface area contributed by atoms with E-state index in [1.54, 1.807) is 29.2 Å². The number of pyridine rings is 1. The third kappa shape index (κ3) is 5.91. The second-order valence-electron chi connectivity index (χ2n) is 7.16. The molecule has 33 heavy (non-hydrogen) atoms. The Morgan fingerprint density at radius 1 is 0.970 bits per heavy atom. The van der Waals surface area contributed by atoms with Crippen LogP contribution in [0.3, 0.4) is 0 Å². The number of carbonyl (C=O) groups excluding carboxylic acids is 2. The number of amides is 2. The number of para-hydroxylation sites is 1. The highest BCUT2D eigenvalue weighted by Crippen LogP contribution is 2.23. The second-order valence-corrected chi connectivity index (χ2v) is 7.56. The van der Waals surface area contributed by atoms with Crippen molar-refractivity contribution in [2.75, 3.05) is 31.6 Å². The minimum absolute atomic E-state index is 0.0814. The van der Waals surface area contributed by atoms with Gasteiger partial charge in [-0.25, -0.2) is 0 Å². The van der Waals surface area contributed by atoms with E-state index in [1.807, 2.05) is 42.5 Å². The maximum absolute atomic E-state index is 12.9. The lowest BCUT2D eigenvalue weighted by Crippen LogP contribution is -2.42. The van der Waals surface area contributed by atoms with Crippen molar-refractivity contribution < 1.29 is 19.1 Å². The third-order valence-corrected chi connectivity index (χ3v) is 5.06. The topological polar surface area (TPSA) is 92.8 Å². The van der Waals surface area contributed by atoms with Crippen LogP contribution in [-0.2, 0) is 4.74 Å². The van der Waals surface area contributed by atoms with Crippen LogP contribution in [0.5, 0.6) is 11.5 Å². The lowest BCUT2D eigenvalue weighted by Gasteiger charge is -2.27. The van der Waals surface area contributed by atoms with E-state index in [4.69, 9.17) is 21.7 Å². The van der Waals surface area contributed by atoms with Crippen LogP contribution in [0.1, 0.15) is 20.8 Å². The summed E-state index contributed by atoms with van der Waals surface area (Å²) in [6, 6.07) is 19.7. The lowest BCUT2D eigenvalue weighted by molar-refractivity contribution is 0.0298. The van der Waals surface area contributed by atoms with Crippen molar-refractivity contribution in [1.82, 2.24) is 15.2 Å². The summed E-state index contributed by atoms with van der Waals surface area (Å²) in [5.41, 5.74) is 0.877. The van der Waals surface area contributed by atoms with Gasteiger partial charge in [0.2, 0.25) is 0 Å². The summed E-state index contributed by atoms with van der Waals surface area (Å²) in [6.07, 6.45) is 1.49. The predicted octanol–water partition coefficient (Wildman–Crippen LogP) is 3.47. The molecule has 2 aromatic carbocycles. The summed E-state index contributed by atoms with van der Waals surface area (Å²) in [4.78, 5) is 31.5. The average Bonchev–Trinajstić information content (AvgIpc) is 2.85. The molecule has 0 saturated carbocycles. The number of nitrogens with one attached hydrogen (secondary N) is 2. The third-order valence-electron chi connectivity index (χ3n) is 4.85. The van der Waals surface area contributed by atoms with Gasteiger partial charge in [0, 0.05) is 31.0 Å². The first-order valence-electron chi connectivity index (χ1n) is 10.4. The van der Waals surface area contributed by atoms with Crippen molar-refractivity contribution in [3.05, 3.63) is 84.2 Å². The van der Waals surface area contributed by atoms with E-state index in [-0.39, 0.29) is 22.3 Å². The Morgan fingerprint density at radius 3 is 2.52 bits per heavy atom. The largest absolute Gasteiger partial charge is 0.457 e. The molecule has 0 bridgehead atoms. The minimum atomic E-state index is -0.520. The van der Waals surface area contributed by atoms with Gasteiger partial charge in [0.05, 0.1) is 18.8 Å². The first-order valence-corrected chi connectivity index (χ1v) is 10.8. The van der Waals surface area contributed by atoms with Crippen molar-refractivity contribution in [2.24, 2.45) is 0 Å². The Bertz CT molecular complexity index is 1150. The van der Waals surface area contributed by atoms with E-state index in [9.17, 15) is 9.59 Å². The van der Waals surface area contributed by atoms with Crippen LogP contribution in [0.4, 0.5) is 5.69 Å². The molecule has 1 saturated heterocycles. The van der Waals surface area contributed by atoms with Crippen LogP contribution in [-0.4, -0.2) is 53.1 Å². The lowest BCUT2D eigenvalue weighted by atomic mass is 10.1. The molecule has 8 nitrogen and oxygen atoms in total. The fraction of sp³-hybridized carbons (Fsp3) is 0.167. The van der Waals surface area contributed by atoms with Crippen molar-refractivity contribution in [3.63, 3.8) is 0 Å². The number of benzene rings is 2. The number of morpholine rings is 1. The molecule has 0 atom stereocenters. The molecule has 1 aromatic heterocycles. The summed E-state index contributed by atoms with van der Waals surface area (Å²) in [5, 5.41) is 5.67. The Balaban J connectivity index is 1.41. The van der Waals surface area contributed by atoms with Crippen molar-refractivity contribution >= 4 is 34.8 Å². The minimum Gasteiger partial charge on any atom is -0.457 e. The van der Waals surface area contributed by atoms with Gasteiger partial charge in [-0.2, -0.15) is 0 Å². The fourth-order valence-electron chi connectivity index (χ4n) is 3.27. The van der Waals surface area contributed by atoms with Crippen LogP contribution >= 0.6 is 12.2 Å². The molecule has 4 rings (SSSR count). The molecule has 0 radical (unpaired) electrons. The number of carbonyl (C=O) groups is 2. The fourth-order valence-corrected chi connectivity index (χ4v) is 3.48. The molecule has 0 aliphatic carbocycles. The van der Waals surface area contributed by atoms with Crippen molar-refractivity contribution in [1.29, 1.82) is 0 Å². The number of anilines is 1. The summed E-state index contributed by atoms with van der Waals surface area (Å²) in [6.45, 7) is 1.83. The molecule has 0 unspecified atom stereocenters. The summed E-state index contributed by atoms with van der Waals surface area (Å²) in [7, 11) is 0. The first-order chi connectivity index (χ1) is 16.1. The SMILES string of the molecule is O=C(NC(=S)Nc1cccc(Oc2ccccc2)c1)c1cccnc1C(=O)N1CCOCC1. The maximum atomic E-state index is 12.9. The summed E-state index contributed by atoms with van der Waals surface area (Å²) in [5.74, 6) is 0.494. The summed E-state index contributed by atoms with van der Waals surface area (Å²) < 4.78 is 11.1. The average molecular weight is 463 g/mol. The molecule has 0 spiro atoms. The second kappa shape index (κ2) is 10.7.